The molecule has 0 aromatic heterocycles. The molecule has 132 valence electrons. The number of benzene rings is 2. The number of carboxylic acid groups (broad SMARTS) is 1. The molecule has 0 spiro atoms. The molecule has 0 amide bonds. The summed E-state index contributed by atoms with van der Waals surface area (Å²) in [6, 6.07) is 14.2. The van der Waals surface area contributed by atoms with Crippen LogP contribution in [0.25, 0.3) is 0 Å². The second kappa shape index (κ2) is 8.74. The summed E-state index contributed by atoms with van der Waals surface area (Å²) >= 11 is 12.2. The van der Waals surface area contributed by atoms with Crippen molar-refractivity contribution in [1.29, 1.82) is 0 Å². The van der Waals surface area contributed by atoms with Crippen LogP contribution in [-0.4, -0.2) is 28.1 Å². The summed E-state index contributed by atoms with van der Waals surface area (Å²) < 4.78 is 1.68. The zero-order valence-corrected chi connectivity index (χ0v) is 15.4. The van der Waals surface area contributed by atoms with Gasteiger partial charge in [-0.25, -0.2) is 10.2 Å². The molecule has 0 aliphatic rings. The molecule has 2 rings (SSSR count). The summed E-state index contributed by atoms with van der Waals surface area (Å²) in [7, 11) is 0. The quantitative estimate of drug-likeness (QED) is 0.294. The van der Waals surface area contributed by atoms with Crippen LogP contribution in [0.1, 0.15) is 25.5 Å². The van der Waals surface area contributed by atoms with E-state index in [1.165, 1.54) is 0 Å². The highest BCUT2D eigenvalue weighted by atomic mass is 35.5. The van der Waals surface area contributed by atoms with Crippen molar-refractivity contribution >= 4 is 41.2 Å². The number of hydrogen-bond acceptors (Lipinski definition) is 2. The molecule has 0 aliphatic heterocycles. The predicted octanol–water partition coefficient (Wildman–Crippen LogP) is 3.99. The lowest BCUT2D eigenvalue weighted by atomic mass is 10.1. The van der Waals surface area contributed by atoms with Crippen LogP contribution < -0.4 is 10.7 Å². The fourth-order valence-corrected chi connectivity index (χ4v) is 2.66. The molecule has 25 heavy (non-hydrogen) atoms. The number of carbonyl (C=O) groups is 1. The number of hydrazone groups is 1. The molecule has 2 aromatic carbocycles. The van der Waals surface area contributed by atoms with Gasteiger partial charge in [0.2, 0.25) is 0 Å². The molecule has 0 aliphatic carbocycles. The Morgan fingerprint density at radius 2 is 1.72 bits per heavy atom. The van der Waals surface area contributed by atoms with Crippen LogP contribution >= 0.6 is 23.2 Å². The molecule has 0 unspecified atom stereocenters. The van der Waals surface area contributed by atoms with E-state index in [0.717, 1.165) is 5.56 Å². The van der Waals surface area contributed by atoms with E-state index in [-0.39, 0.29) is 6.04 Å². The molecule has 0 fully saturated rings. The number of nitrogens with zero attached hydrogens (tertiary/aromatic N) is 1. The first-order valence-electron chi connectivity index (χ1n) is 7.75. The molecule has 0 saturated carbocycles. The summed E-state index contributed by atoms with van der Waals surface area (Å²) in [5.41, 5.74) is 5.07. The fraction of sp³-hybridized carbons (Fsp3) is 0.222. The van der Waals surface area contributed by atoms with Crippen molar-refractivity contribution in [1.82, 2.24) is 10.7 Å². The first-order chi connectivity index (χ1) is 11.9. The molecule has 7 heteroatoms. The highest BCUT2D eigenvalue weighted by Gasteiger charge is 2.16. The predicted molar refractivity (Wildman–Crippen MR) is 101 cm³/mol. The number of halogens is 2. The van der Waals surface area contributed by atoms with Crippen molar-refractivity contribution in [2.75, 3.05) is 0 Å². The summed E-state index contributed by atoms with van der Waals surface area (Å²) in [6.07, 6.45) is 1.56. The highest BCUT2D eigenvalue weighted by Crippen LogP contribution is 2.24. The van der Waals surface area contributed by atoms with Gasteiger partial charge in [0.15, 0.2) is 11.7 Å². The number of rotatable bonds is 7. The van der Waals surface area contributed by atoms with E-state index in [1.807, 2.05) is 37.3 Å². The third kappa shape index (κ3) is 5.66. The molecule has 0 bridgehead atoms. The van der Waals surface area contributed by atoms with E-state index >= 15 is 0 Å². The van der Waals surface area contributed by atoms with Gasteiger partial charge in [-0.05, 0) is 25.5 Å². The van der Waals surface area contributed by atoms with Crippen LogP contribution in [-0.2, 0) is 4.79 Å². The third-order valence-electron chi connectivity index (χ3n) is 3.58. The van der Waals surface area contributed by atoms with Crippen molar-refractivity contribution in [3.63, 3.8) is 0 Å². The lowest BCUT2D eigenvalue weighted by molar-refractivity contribution is -0.512. The van der Waals surface area contributed by atoms with Gasteiger partial charge in [0.1, 0.15) is 0 Å². The van der Waals surface area contributed by atoms with E-state index in [4.69, 9.17) is 28.3 Å². The van der Waals surface area contributed by atoms with Crippen LogP contribution in [0.4, 0.5) is 5.69 Å². The van der Waals surface area contributed by atoms with Crippen LogP contribution in [0, 0.1) is 0 Å². The first kappa shape index (κ1) is 19.1. The molecule has 0 radical (unpaired) electrons. The van der Waals surface area contributed by atoms with Crippen LogP contribution in [0.15, 0.2) is 48.5 Å². The van der Waals surface area contributed by atoms with Crippen molar-refractivity contribution in [2.45, 2.75) is 25.9 Å². The fourth-order valence-electron chi connectivity index (χ4n) is 2.15. The number of carboxylic acids is 1. The number of aliphatic carboxylic acids is 1. The van der Waals surface area contributed by atoms with Crippen LogP contribution in [0.2, 0.25) is 10.0 Å². The molecular weight excluding hydrogens is 361 g/mol. The smallest absolute Gasteiger partial charge is 0.348 e. The molecular formula is C18H20Cl2N3O2+. The highest BCUT2D eigenvalue weighted by molar-refractivity contribution is 6.34. The Kier molecular flexibility index (Phi) is 6.67. The Morgan fingerprint density at radius 3 is 2.28 bits per heavy atom. The minimum Gasteiger partial charge on any atom is -0.478 e. The average Bonchev–Trinajstić information content (AvgIpc) is 2.57. The molecule has 0 saturated heterocycles. The molecule has 2 aromatic rings. The Balaban J connectivity index is 2.31. The SMILES string of the molecule is C[C@H](N[N+](=CN[C@H](C)C(=O)O)c1cc(Cl)cc(Cl)c1)c1ccccc1. The summed E-state index contributed by atoms with van der Waals surface area (Å²) in [6.45, 7) is 3.56. The first-order valence-corrected chi connectivity index (χ1v) is 8.51. The van der Waals surface area contributed by atoms with Gasteiger partial charge in [0, 0.05) is 22.2 Å². The largest absolute Gasteiger partial charge is 0.478 e. The van der Waals surface area contributed by atoms with Crippen molar-refractivity contribution in [3.05, 3.63) is 64.1 Å². The summed E-state index contributed by atoms with van der Waals surface area (Å²) in [4.78, 5) is 11.0. The van der Waals surface area contributed by atoms with E-state index in [0.29, 0.717) is 15.7 Å². The molecule has 3 N–H and O–H groups in total. The maximum atomic E-state index is 11.0. The van der Waals surface area contributed by atoms with Gasteiger partial charge in [-0.15, -0.1) is 4.68 Å². The second-order valence-corrected chi connectivity index (χ2v) is 6.49. The molecule has 0 heterocycles. The van der Waals surface area contributed by atoms with Crippen LogP contribution in [0.5, 0.6) is 0 Å². The summed E-state index contributed by atoms with van der Waals surface area (Å²) in [5.74, 6) is -0.948. The second-order valence-electron chi connectivity index (χ2n) is 5.61. The zero-order valence-electron chi connectivity index (χ0n) is 13.9. The van der Waals surface area contributed by atoms with Gasteiger partial charge in [-0.3, -0.25) is 5.32 Å². The minimum absolute atomic E-state index is 0.0304. The lowest BCUT2D eigenvalue weighted by Crippen LogP contribution is -2.39. The number of nitrogens with one attached hydrogen (secondary N) is 2. The van der Waals surface area contributed by atoms with Crippen LogP contribution in [0.3, 0.4) is 0 Å². The van der Waals surface area contributed by atoms with Gasteiger partial charge in [-0.1, -0.05) is 53.5 Å². The van der Waals surface area contributed by atoms with Crippen molar-refractivity contribution in [2.24, 2.45) is 0 Å². The van der Waals surface area contributed by atoms with Gasteiger partial charge in [-0.2, -0.15) is 0 Å². The topological polar surface area (TPSA) is 64.4 Å². The molecule has 2 atom stereocenters. The Labute approximate surface area is 156 Å². The Bertz CT molecular complexity index is 746. The van der Waals surface area contributed by atoms with E-state index in [2.05, 4.69) is 10.7 Å². The van der Waals surface area contributed by atoms with E-state index in [1.54, 1.807) is 36.1 Å². The van der Waals surface area contributed by atoms with Gasteiger partial charge < -0.3 is 5.11 Å². The zero-order chi connectivity index (χ0) is 18.4. The van der Waals surface area contributed by atoms with Gasteiger partial charge in [0.25, 0.3) is 6.34 Å². The Hall–Kier alpha value is -2.24. The van der Waals surface area contributed by atoms with Gasteiger partial charge >= 0.3 is 5.97 Å². The lowest BCUT2D eigenvalue weighted by Gasteiger charge is -2.17. The average molecular weight is 381 g/mol. The van der Waals surface area contributed by atoms with E-state index < -0.39 is 12.0 Å². The third-order valence-corrected chi connectivity index (χ3v) is 4.02. The number of hydrazine groups is 1. The number of hydrogen-bond donors (Lipinski definition) is 3. The minimum atomic E-state index is -0.948. The summed E-state index contributed by atoms with van der Waals surface area (Å²) in [5, 5.41) is 12.9. The van der Waals surface area contributed by atoms with Crippen molar-refractivity contribution in [3.8, 4) is 0 Å². The molecule has 5 nitrogen and oxygen atoms in total. The van der Waals surface area contributed by atoms with E-state index in [9.17, 15) is 4.79 Å². The Morgan fingerprint density at radius 1 is 1.12 bits per heavy atom. The maximum Gasteiger partial charge on any atom is 0.348 e. The van der Waals surface area contributed by atoms with Gasteiger partial charge in [0.05, 0.1) is 6.04 Å². The maximum absolute atomic E-state index is 11.0. The standard InChI is InChI=1S/C18H19Cl2N3O2/c1-12(14-6-4-3-5-7-14)22-23(11-21-13(2)18(24)25)17-9-15(19)8-16(20)10-17/h3-13,22H,1-2H3,(H,24,25)/p+1/t12-,13+/m0/s1. The monoisotopic (exact) mass is 380 g/mol. The normalized spacial score (nSPS) is 13.8. The van der Waals surface area contributed by atoms with Crippen molar-refractivity contribution < 1.29 is 14.6 Å².